The number of hydrogen-bond donors (Lipinski definition) is 1. The standard InChI is InChI=1S/C16H18N2O4/c17-10-13-1-3-14(4-2-13)22-11-15(19)18-7-5-12(6-8-18)9-16(20)21/h1-4,12H,5-9,11H2,(H,20,21). The van der Waals surface area contributed by atoms with Gasteiger partial charge in [0.1, 0.15) is 5.75 Å². The van der Waals surface area contributed by atoms with Crippen molar-refractivity contribution in [1.82, 2.24) is 4.90 Å². The molecule has 2 rings (SSSR count). The number of nitrogens with zero attached hydrogens (tertiary/aromatic N) is 2. The van der Waals surface area contributed by atoms with E-state index in [9.17, 15) is 9.59 Å². The van der Waals surface area contributed by atoms with Crippen LogP contribution in [0.25, 0.3) is 0 Å². The summed E-state index contributed by atoms with van der Waals surface area (Å²) in [7, 11) is 0. The lowest BCUT2D eigenvalue weighted by molar-refractivity contribution is -0.139. The van der Waals surface area contributed by atoms with Gasteiger partial charge in [0.25, 0.3) is 5.91 Å². The lowest BCUT2D eigenvalue weighted by Crippen LogP contribution is -2.41. The normalized spacial score (nSPS) is 15.1. The number of rotatable bonds is 5. The van der Waals surface area contributed by atoms with Gasteiger partial charge in [0, 0.05) is 19.5 Å². The van der Waals surface area contributed by atoms with E-state index in [2.05, 4.69) is 0 Å². The highest BCUT2D eigenvalue weighted by Crippen LogP contribution is 2.20. The first kappa shape index (κ1) is 15.8. The number of carboxylic acid groups (broad SMARTS) is 1. The fraction of sp³-hybridized carbons (Fsp3) is 0.438. The molecular weight excluding hydrogens is 284 g/mol. The van der Waals surface area contributed by atoms with Gasteiger partial charge in [-0.25, -0.2) is 0 Å². The van der Waals surface area contributed by atoms with Crippen LogP contribution < -0.4 is 4.74 Å². The number of aliphatic carboxylic acids is 1. The topological polar surface area (TPSA) is 90.6 Å². The van der Waals surface area contributed by atoms with E-state index in [0.29, 0.717) is 24.4 Å². The van der Waals surface area contributed by atoms with E-state index >= 15 is 0 Å². The van der Waals surface area contributed by atoms with Gasteiger partial charge >= 0.3 is 5.97 Å². The predicted molar refractivity (Wildman–Crippen MR) is 78.2 cm³/mol. The molecular formula is C16H18N2O4. The van der Waals surface area contributed by atoms with Crippen molar-refractivity contribution in [2.45, 2.75) is 19.3 Å². The number of likely N-dealkylation sites (tertiary alicyclic amines) is 1. The maximum absolute atomic E-state index is 12.1. The van der Waals surface area contributed by atoms with Crippen LogP contribution >= 0.6 is 0 Å². The zero-order valence-electron chi connectivity index (χ0n) is 12.2. The third-order valence-electron chi connectivity index (χ3n) is 3.78. The van der Waals surface area contributed by atoms with Gasteiger partial charge in [-0.05, 0) is 43.0 Å². The van der Waals surface area contributed by atoms with E-state index in [4.69, 9.17) is 15.1 Å². The number of piperidine rings is 1. The summed E-state index contributed by atoms with van der Waals surface area (Å²) in [6.45, 7) is 1.11. The van der Waals surface area contributed by atoms with Gasteiger partial charge in [-0.2, -0.15) is 5.26 Å². The lowest BCUT2D eigenvalue weighted by atomic mass is 9.94. The van der Waals surface area contributed by atoms with Gasteiger partial charge in [-0.15, -0.1) is 0 Å². The van der Waals surface area contributed by atoms with Gasteiger partial charge in [0.05, 0.1) is 11.6 Å². The molecule has 0 unspecified atom stereocenters. The number of carbonyl (C=O) groups excluding carboxylic acids is 1. The van der Waals surface area contributed by atoms with Crippen LogP contribution in [0.5, 0.6) is 5.75 Å². The maximum atomic E-state index is 12.1. The second kappa shape index (κ2) is 7.46. The Balaban J connectivity index is 1.76. The molecule has 1 aromatic rings. The highest BCUT2D eigenvalue weighted by Gasteiger charge is 2.24. The van der Waals surface area contributed by atoms with Crippen LogP contribution in [0.2, 0.25) is 0 Å². The largest absolute Gasteiger partial charge is 0.484 e. The minimum atomic E-state index is -0.783. The number of hydrogen-bond acceptors (Lipinski definition) is 4. The Hall–Kier alpha value is -2.55. The first-order chi connectivity index (χ1) is 10.6. The lowest BCUT2D eigenvalue weighted by Gasteiger charge is -2.31. The van der Waals surface area contributed by atoms with Crippen molar-refractivity contribution in [2.24, 2.45) is 5.92 Å². The van der Waals surface area contributed by atoms with Crippen molar-refractivity contribution in [3.63, 3.8) is 0 Å². The molecule has 0 saturated carbocycles. The van der Waals surface area contributed by atoms with Crippen LogP contribution in [0.15, 0.2) is 24.3 Å². The quantitative estimate of drug-likeness (QED) is 0.893. The van der Waals surface area contributed by atoms with Gasteiger partial charge < -0.3 is 14.7 Å². The van der Waals surface area contributed by atoms with Crippen molar-refractivity contribution in [1.29, 1.82) is 5.26 Å². The molecule has 1 N–H and O–H groups in total. The average Bonchev–Trinajstić information content (AvgIpc) is 2.53. The predicted octanol–water partition coefficient (Wildman–Crippen LogP) is 1.65. The summed E-state index contributed by atoms with van der Waals surface area (Å²) in [5, 5.41) is 17.5. The number of ether oxygens (including phenoxy) is 1. The number of benzene rings is 1. The van der Waals surface area contributed by atoms with Gasteiger partial charge in [-0.3, -0.25) is 9.59 Å². The molecule has 0 radical (unpaired) electrons. The number of nitriles is 1. The number of carbonyl (C=O) groups is 2. The third kappa shape index (κ3) is 4.48. The Morgan fingerprint density at radius 3 is 2.45 bits per heavy atom. The molecule has 1 aromatic carbocycles. The molecule has 1 aliphatic rings. The molecule has 22 heavy (non-hydrogen) atoms. The molecule has 1 aliphatic heterocycles. The highest BCUT2D eigenvalue weighted by molar-refractivity contribution is 5.78. The minimum Gasteiger partial charge on any atom is -0.484 e. The van der Waals surface area contributed by atoms with E-state index in [1.807, 2.05) is 6.07 Å². The fourth-order valence-corrected chi connectivity index (χ4v) is 2.50. The Labute approximate surface area is 128 Å². The molecule has 1 heterocycles. The fourth-order valence-electron chi connectivity index (χ4n) is 2.50. The summed E-state index contributed by atoms with van der Waals surface area (Å²) in [6.07, 6.45) is 1.60. The molecule has 0 spiro atoms. The molecule has 0 atom stereocenters. The van der Waals surface area contributed by atoms with E-state index in [0.717, 1.165) is 12.8 Å². The first-order valence-corrected chi connectivity index (χ1v) is 7.21. The summed E-state index contributed by atoms with van der Waals surface area (Å²) >= 11 is 0. The van der Waals surface area contributed by atoms with E-state index < -0.39 is 5.97 Å². The Bertz CT molecular complexity index is 569. The van der Waals surface area contributed by atoms with Crippen LogP contribution in [-0.2, 0) is 9.59 Å². The third-order valence-corrected chi connectivity index (χ3v) is 3.78. The Morgan fingerprint density at radius 2 is 1.91 bits per heavy atom. The molecule has 0 aliphatic carbocycles. The Morgan fingerprint density at radius 1 is 1.27 bits per heavy atom. The second-order valence-electron chi connectivity index (χ2n) is 5.35. The molecule has 1 amide bonds. The van der Waals surface area contributed by atoms with E-state index in [1.165, 1.54) is 0 Å². The summed E-state index contributed by atoms with van der Waals surface area (Å²) < 4.78 is 5.42. The van der Waals surface area contributed by atoms with E-state index in [-0.39, 0.29) is 24.9 Å². The van der Waals surface area contributed by atoms with Crippen molar-refractivity contribution in [2.75, 3.05) is 19.7 Å². The van der Waals surface area contributed by atoms with Gasteiger partial charge in [0.2, 0.25) is 0 Å². The molecule has 1 fully saturated rings. The van der Waals surface area contributed by atoms with Gasteiger partial charge in [0.15, 0.2) is 6.61 Å². The van der Waals surface area contributed by atoms with Crippen LogP contribution in [0, 0.1) is 17.2 Å². The van der Waals surface area contributed by atoms with Crippen molar-refractivity contribution in [3.8, 4) is 11.8 Å². The first-order valence-electron chi connectivity index (χ1n) is 7.21. The van der Waals surface area contributed by atoms with Gasteiger partial charge in [-0.1, -0.05) is 0 Å². The summed E-state index contributed by atoms with van der Waals surface area (Å²) in [5.74, 6) is -0.179. The molecule has 116 valence electrons. The zero-order chi connectivity index (χ0) is 15.9. The monoisotopic (exact) mass is 302 g/mol. The summed E-state index contributed by atoms with van der Waals surface area (Å²) in [5.41, 5.74) is 0.541. The molecule has 6 nitrogen and oxygen atoms in total. The molecule has 1 saturated heterocycles. The molecule has 0 aromatic heterocycles. The smallest absolute Gasteiger partial charge is 0.303 e. The summed E-state index contributed by atoms with van der Waals surface area (Å²) in [4.78, 5) is 24.4. The van der Waals surface area contributed by atoms with Crippen molar-refractivity contribution >= 4 is 11.9 Å². The van der Waals surface area contributed by atoms with E-state index in [1.54, 1.807) is 29.2 Å². The van der Waals surface area contributed by atoms with Crippen LogP contribution in [-0.4, -0.2) is 41.6 Å². The van der Waals surface area contributed by atoms with Crippen LogP contribution in [0.1, 0.15) is 24.8 Å². The Kier molecular flexibility index (Phi) is 5.37. The van der Waals surface area contributed by atoms with Crippen LogP contribution in [0.3, 0.4) is 0 Å². The van der Waals surface area contributed by atoms with Crippen molar-refractivity contribution < 1.29 is 19.4 Å². The average molecular weight is 302 g/mol. The maximum Gasteiger partial charge on any atom is 0.303 e. The minimum absolute atomic E-state index is 0.0461. The molecule has 6 heteroatoms. The zero-order valence-corrected chi connectivity index (χ0v) is 12.2. The number of amides is 1. The highest BCUT2D eigenvalue weighted by atomic mass is 16.5. The number of carboxylic acids is 1. The van der Waals surface area contributed by atoms with Crippen LogP contribution in [0.4, 0.5) is 0 Å². The summed E-state index contributed by atoms with van der Waals surface area (Å²) in [6, 6.07) is 8.60. The molecule has 0 bridgehead atoms. The second-order valence-corrected chi connectivity index (χ2v) is 5.35. The SMILES string of the molecule is N#Cc1ccc(OCC(=O)N2CCC(CC(=O)O)CC2)cc1. The van der Waals surface area contributed by atoms with Crippen molar-refractivity contribution in [3.05, 3.63) is 29.8 Å².